The highest BCUT2D eigenvalue weighted by atomic mass is 16.6. The van der Waals surface area contributed by atoms with Gasteiger partial charge in [0, 0.05) is 12.6 Å². The van der Waals surface area contributed by atoms with E-state index in [1.54, 1.807) is 0 Å². The summed E-state index contributed by atoms with van der Waals surface area (Å²) in [7, 11) is 1.40. The van der Waals surface area contributed by atoms with E-state index in [-0.39, 0.29) is 18.1 Å². The number of carbonyl (C=O) groups excluding carboxylic acids is 1. The summed E-state index contributed by atoms with van der Waals surface area (Å²) in [6.07, 6.45) is -1.05. The standard InChI is InChI=1S/C9H13N3O5/c1-11-7(2-3-8(11)12(16)17)9(15)10-4-6(14)5-13/h2-3,6,13-14H,4-5H2,1H3,(H,10,15). The largest absolute Gasteiger partial charge is 0.394 e. The summed E-state index contributed by atoms with van der Waals surface area (Å²) in [5.74, 6) is -0.744. The number of nitrogens with one attached hydrogen (secondary N) is 1. The predicted octanol–water partition coefficient (Wildman–Crippen LogP) is -0.984. The molecule has 8 nitrogen and oxygen atoms in total. The second-order valence-corrected chi connectivity index (χ2v) is 3.44. The van der Waals surface area contributed by atoms with E-state index in [2.05, 4.69) is 5.32 Å². The number of nitro groups is 1. The number of hydrogen-bond donors (Lipinski definition) is 3. The van der Waals surface area contributed by atoms with Crippen LogP contribution >= 0.6 is 0 Å². The minimum absolute atomic E-state index is 0.113. The third kappa shape index (κ3) is 3.02. The minimum Gasteiger partial charge on any atom is -0.394 e. The Hall–Kier alpha value is -1.93. The average Bonchev–Trinajstić information content (AvgIpc) is 2.67. The summed E-state index contributed by atoms with van der Waals surface area (Å²) >= 11 is 0. The first kappa shape index (κ1) is 13.1. The molecule has 1 amide bonds. The molecule has 0 spiro atoms. The molecule has 1 unspecified atom stereocenters. The molecule has 1 atom stereocenters. The second-order valence-electron chi connectivity index (χ2n) is 3.44. The third-order valence-corrected chi connectivity index (χ3v) is 2.22. The van der Waals surface area contributed by atoms with Crippen LogP contribution in [0.15, 0.2) is 12.1 Å². The first-order chi connectivity index (χ1) is 7.97. The van der Waals surface area contributed by atoms with Crippen LogP contribution < -0.4 is 5.32 Å². The lowest BCUT2D eigenvalue weighted by Gasteiger charge is -2.07. The molecule has 0 fully saturated rings. The van der Waals surface area contributed by atoms with Gasteiger partial charge in [0.1, 0.15) is 0 Å². The van der Waals surface area contributed by atoms with Crippen LogP contribution in [0.5, 0.6) is 0 Å². The normalized spacial score (nSPS) is 12.2. The van der Waals surface area contributed by atoms with Gasteiger partial charge in [-0.15, -0.1) is 0 Å². The maximum Gasteiger partial charge on any atom is 0.323 e. The second kappa shape index (κ2) is 5.41. The lowest BCUT2D eigenvalue weighted by molar-refractivity contribution is -0.391. The van der Waals surface area contributed by atoms with E-state index < -0.39 is 23.5 Å². The maximum absolute atomic E-state index is 11.6. The molecule has 0 bridgehead atoms. The molecule has 3 N–H and O–H groups in total. The Morgan fingerprint density at radius 2 is 2.29 bits per heavy atom. The molecular formula is C9H13N3O5. The van der Waals surface area contributed by atoms with E-state index in [9.17, 15) is 14.9 Å². The Morgan fingerprint density at radius 1 is 1.65 bits per heavy atom. The molecular weight excluding hydrogens is 230 g/mol. The van der Waals surface area contributed by atoms with Crippen molar-refractivity contribution in [3.8, 4) is 0 Å². The summed E-state index contributed by atoms with van der Waals surface area (Å²) in [5.41, 5.74) is 0.113. The fourth-order valence-electron chi connectivity index (χ4n) is 1.28. The van der Waals surface area contributed by atoms with Crippen LogP contribution in [0.25, 0.3) is 0 Å². The summed E-state index contributed by atoms with van der Waals surface area (Å²) < 4.78 is 1.14. The Bertz CT molecular complexity index is 428. The Kier molecular flexibility index (Phi) is 4.18. The smallest absolute Gasteiger partial charge is 0.323 e. The maximum atomic E-state index is 11.6. The number of hydrogen-bond acceptors (Lipinski definition) is 5. The molecule has 8 heteroatoms. The molecule has 0 saturated heterocycles. The van der Waals surface area contributed by atoms with Gasteiger partial charge in [-0.3, -0.25) is 4.79 Å². The van der Waals surface area contributed by atoms with E-state index in [4.69, 9.17) is 10.2 Å². The fourth-order valence-corrected chi connectivity index (χ4v) is 1.28. The van der Waals surface area contributed by atoms with Crippen LogP contribution in [0.1, 0.15) is 10.5 Å². The zero-order chi connectivity index (χ0) is 13.0. The molecule has 94 valence electrons. The monoisotopic (exact) mass is 243 g/mol. The van der Waals surface area contributed by atoms with E-state index in [1.165, 1.54) is 19.2 Å². The van der Waals surface area contributed by atoms with Gasteiger partial charge >= 0.3 is 5.82 Å². The molecule has 1 rings (SSSR count). The number of aromatic nitrogens is 1. The number of nitrogens with zero attached hydrogens (tertiary/aromatic N) is 2. The molecule has 0 aliphatic carbocycles. The van der Waals surface area contributed by atoms with Crippen LogP contribution in [0.3, 0.4) is 0 Å². The molecule has 0 aromatic carbocycles. The van der Waals surface area contributed by atoms with Crippen molar-refractivity contribution in [2.24, 2.45) is 7.05 Å². The summed E-state index contributed by atoms with van der Waals surface area (Å²) in [5, 5.41) is 30.5. The summed E-state index contributed by atoms with van der Waals surface area (Å²) in [6.45, 7) is -0.581. The van der Waals surface area contributed by atoms with Gasteiger partial charge in [0.05, 0.1) is 19.8 Å². The van der Waals surface area contributed by atoms with Gasteiger partial charge in [0.2, 0.25) is 0 Å². The van der Waals surface area contributed by atoms with Crippen molar-refractivity contribution < 1.29 is 19.9 Å². The predicted molar refractivity (Wildman–Crippen MR) is 57.5 cm³/mol. The summed E-state index contributed by atoms with van der Waals surface area (Å²) in [6, 6.07) is 2.54. The minimum atomic E-state index is -1.05. The van der Waals surface area contributed by atoms with Crippen LogP contribution in [0.4, 0.5) is 5.82 Å². The van der Waals surface area contributed by atoms with Gasteiger partial charge in [-0.25, -0.2) is 4.57 Å². The molecule has 1 aromatic heterocycles. The van der Waals surface area contributed by atoms with E-state index in [0.29, 0.717) is 0 Å². The molecule has 1 heterocycles. The molecule has 0 aliphatic heterocycles. The molecule has 0 saturated carbocycles. The number of rotatable bonds is 5. The third-order valence-electron chi connectivity index (χ3n) is 2.22. The zero-order valence-electron chi connectivity index (χ0n) is 9.16. The van der Waals surface area contributed by atoms with Gasteiger partial charge in [-0.05, 0) is 11.0 Å². The lowest BCUT2D eigenvalue weighted by atomic mass is 10.3. The van der Waals surface area contributed by atoms with Crippen molar-refractivity contribution >= 4 is 11.7 Å². The van der Waals surface area contributed by atoms with Gasteiger partial charge in [-0.1, -0.05) is 0 Å². The van der Waals surface area contributed by atoms with E-state index in [0.717, 1.165) is 4.57 Å². The van der Waals surface area contributed by atoms with Crippen molar-refractivity contribution in [2.45, 2.75) is 6.10 Å². The quantitative estimate of drug-likeness (QED) is 0.453. The topological polar surface area (TPSA) is 118 Å². The van der Waals surface area contributed by atoms with Crippen LogP contribution in [0.2, 0.25) is 0 Å². The van der Waals surface area contributed by atoms with Crippen LogP contribution in [0, 0.1) is 10.1 Å². The van der Waals surface area contributed by atoms with Gasteiger partial charge in [-0.2, -0.15) is 0 Å². The molecule has 1 aromatic rings. The lowest BCUT2D eigenvalue weighted by Crippen LogP contribution is -2.34. The first-order valence-corrected chi connectivity index (χ1v) is 4.84. The van der Waals surface area contributed by atoms with Gasteiger partial charge in [0.15, 0.2) is 5.69 Å². The van der Waals surface area contributed by atoms with Crippen molar-refractivity contribution in [1.82, 2.24) is 9.88 Å². The number of aliphatic hydroxyl groups excluding tert-OH is 2. The zero-order valence-corrected chi connectivity index (χ0v) is 9.16. The van der Waals surface area contributed by atoms with E-state index >= 15 is 0 Å². The Balaban J connectivity index is 2.73. The Morgan fingerprint density at radius 3 is 2.76 bits per heavy atom. The average molecular weight is 243 g/mol. The number of amides is 1. The SMILES string of the molecule is Cn1c(C(=O)NCC(O)CO)ccc1[N+](=O)[O-]. The highest BCUT2D eigenvalue weighted by Gasteiger charge is 2.20. The van der Waals surface area contributed by atoms with Crippen molar-refractivity contribution in [1.29, 1.82) is 0 Å². The molecule has 0 aliphatic rings. The molecule has 0 radical (unpaired) electrons. The highest BCUT2D eigenvalue weighted by Crippen LogP contribution is 2.14. The summed E-state index contributed by atoms with van der Waals surface area (Å²) in [4.78, 5) is 21.5. The number of aliphatic hydroxyl groups is 2. The Labute approximate surface area is 96.6 Å². The highest BCUT2D eigenvalue weighted by molar-refractivity contribution is 5.93. The van der Waals surface area contributed by atoms with Crippen molar-refractivity contribution in [2.75, 3.05) is 13.2 Å². The van der Waals surface area contributed by atoms with E-state index in [1.807, 2.05) is 0 Å². The van der Waals surface area contributed by atoms with Crippen LogP contribution in [-0.4, -0.2) is 44.9 Å². The fraction of sp³-hybridized carbons (Fsp3) is 0.444. The first-order valence-electron chi connectivity index (χ1n) is 4.84. The van der Waals surface area contributed by atoms with Gasteiger partial charge in [0.25, 0.3) is 5.91 Å². The van der Waals surface area contributed by atoms with Crippen molar-refractivity contribution in [3.05, 3.63) is 27.9 Å². The molecule has 17 heavy (non-hydrogen) atoms. The van der Waals surface area contributed by atoms with Crippen LogP contribution in [-0.2, 0) is 7.05 Å². The van der Waals surface area contributed by atoms with Gasteiger partial charge < -0.3 is 25.6 Å². The van der Waals surface area contributed by atoms with Crippen molar-refractivity contribution in [3.63, 3.8) is 0 Å². The number of carbonyl (C=O) groups is 1.